The molecule has 3 aromatic carbocycles. The molecule has 0 aliphatic heterocycles. The molecule has 0 bridgehead atoms. The van der Waals surface area contributed by atoms with Crippen molar-refractivity contribution in [1.29, 1.82) is 0 Å². The first-order chi connectivity index (χ1) is 13.6. The van der Waals surface area contributed by atoms with Gasteiger partial charge in [0.05, 0.1) is 0 Å². The Bertz CT molecular complexity index is 1170. The summed E-state index contributed by atoms with van der Waals surface area (Å²) in [6.07, 6.45) is 3.72. The van der Waals surface area contributed by atoms with Crippen molar-refractivity contribution in [2.45, 2.75) is 0 Å². The van der Waals surface area contributed by atoms with Gasteiger partial charge in [-0.05, 0) is 11.6 Å². The van der Waals surface area contributed by atoms with Gasteiger partial charge in [-0.2, -0.15) is 0 Å². The first-order valence-electron chi connectivity index (χ1n) is 8.69. The molecule has 0 saturated carbocycles. The topological polar surface area (TPSA) is 68.3 Å². The van der Waals surface area contributed by atoms with E-state index >= 15 is 0 Å². The van der Waals surface area contributed by atoms with Crippen LogP contribution in [0.5, 0.6) is 0 Å². The summed E-state index contributed by atoms with van der Waals surface area (Å²) in [4.78, 5) is 49.2. The van der Waals surface area contributed by atoms with Crippen molar-refractivity contribution in [2.24, 2.45) is 0 Å². The van der Waals surface area contributed by atoms with Gasteiger partial charge < -0.3 is 0 Å². The second kappa shape index (κ2) is 7.00. The third-order valence-corrected chi connectivity index (χ3v) is 4.72. The molecule has 1 aliphatic rings. The summed E-state index contributed by atoms with van der Waals surface area (Å²) in [6, 6.07) is 18.1. The van der Waals surface area contributed by atoms with E-state index in [9.17, 15) is 19.2 Å². The number of fused-ring (bicyclic) bond motifs is 2. The number of hydrogen-bond donors (Lipinski definition) is 0. The molecule has 0 fully saturated rings. The van der Waals surface area contributed by atoms with Crippen LogP contribution in [0.15, 0.2) is 72.8 Å². The van der Waals surface area contributed by atoms with Gasteiger partial charge in [0.25, 0.3) is 0 Å². The number of allylic oxidation sites excluding steroid dienone is 1. The highest BCUT2D eigenvalue weighted by molar-refractivity contribution is 6.31. The van der Waals surface area contributed by atoms with Gasteiger partial charge in [0.1, 0.15) is 6.29 Å². The van der Waals surface area contributed by atoms with E-state index in [1.807, 2.05) is 0 Å². The summed E-state index contributed by atoms with van der Waals surface area (Å²) in [5.74, 6) is -0.942. The lowest BCUT2D eigenvalue weighted by atomic mass is 9.81. The molecular formula is C24H14O4. The zero-order chi connectivity index (χ0) is 19.7. The summed E-state index contributed by atoms with van der Waals surface area (Å²) >= 11 is 0. The van der Waals surface area contributed by atoms with E-state index in [0.717, 1.165) is 11.8 Å². The van der Waals surface area contributed by atoms with Crippen LogP contribution in [0.4, 0.5) is 0 Å². The molecule has 0 radical (unpaired) electrons. The first kappa shape index (κ1) is 17.5. The van der Waals surface area contributed by atoms with Crippen molar-refractivity contribution in [3.8, 4) is 0 Å². The predicted octanol–water partition coefficient (Wildman–Crippen LogP) is 4.17. The van der Waals surface area contributed by atoms with Crippen molar-refractivity contribution in [1.82, 2.24) is 0 Å². The lowest BCUT2D eigenvalue weighted by Gasteiger charge is -2.19. The van der Waals surface area contributed by atoms with Gasteiger partial charge in [0, 0.05) is 33.4 Å². The van der Waals surface area contributed by atoms with Crippen LogP contribution >= 0.6 is 0 Å². The molecular weight excluding hydrogens is 352 g/mol. The number of rotatable bonds is 4. The molecule has 3 aromatic rings. The Kier molecular flexibility index (Phi) is 4.38. The molecule has 0 aromatic heterocycles. The molecule has 134 valence electrons. The van der Waals surface area contributed by atoms with E-state index in [-0.39, 0.29) is 34.0 Å². The summed E-state index contributed by atoms with van der Waals surface area (Å²) < 4.78 is 0. The van der Waals surface area contributed by atoms with Crippen LogP contribution in [0.3, 0.4) is 0 Å². The quantitative estimate of drug-likeness (QED) is 0.309. The zero-order valence-electron chi connectivity index (χ0n) is 14.7. The van der Waals surface area contributed by atoms with Crippen molar-refractivity contribution >= 4 is 29.7 Å². The molecule has 0 unspecified atom stereocenters. The molecule has 0 saturated heterocycles. The van der Waals surface area contributed by atoms with Crippen LogP contribution in [0.25, 0.3) is 6.08 Å². The Morgan fingerprint density at radius 1 is 0.679 bits per heavy atom. The number of hydrogen-bond acceptors (Lipinski definition) is 4. The maximum atomic E-state index is 13.0. The van der Waals surface area contributed by atoms with E-state index in [4.69, 9.17) is 0 Å². The largest absolute Gasteiger partial charge is 0.298 e. The zero-order valence-corrected chi connectivity index (χ0v) is 14.7. The number of carbonyl (C=O) groups is 4. The Balaban J connectivity index is 1.72. The van der Waals surface area contributed by atoms with E-state index in [0.29, 0.717) is 16.7 Å². The van der Waals surface area contributed by atoms with E-state index in [1.54, 1.807) is 72.8 Å². The van der Waals surface area contributed by atoms with Crippen molar-refractivity contribution in [2.75, 3.05) is 0 Å². The number of ketones is 3. The fourth-order valence-electron chi connectivity index (χ4n) is 3.30. The Morgan fingerprint density at radius 3 is 1.96 bits per heavy atom. The molecule has 0 atom stereocenters. The number of aldehydes is 1. The van der Waals surface area contributed by atoms with Crippen LogP contribution in [-0.2, 0) is 0 Å². The molecule has 0 heterocycles. The van der Waals surface area contributed by atoms with E-state index in [1.165, 1.54) is 6.08 Å². The van der Waals surface area contributed by atoms with Crippen molar-refractivity contribution < 1.29 is 19.2 Å². The number of carbonyl (C=O) groups excluding carboxylic acids is 4. The minimum Gasteiger partial charge on any atom is -0.298 e. The molecule has 4 nitrogen and oxygen atoms in total. The Hall–Kier alpha value is -3.92. The smallest absolute Gasteiger partial charge is 0.195 e. The highest BCUT2D eigenvalue weighted by atomic mass is 16.1. The second-order valence-corrected chi connectivity index (χ2v) is 6.41. The normalized spacial score (nSPS) is 12.6. The minimum atomic E-state index is -0.364. The second-order valence-electron chi connectivity index (χ2n) is 6.41. The lowest BCUT2D eigenvalue weighted by Crippen LogP contribution is -2.23. The summed E-state index contributed by atoms with van der Waals surface area (Å²) in [7, 11) is 0. The third kappa shape index (κ3) is 2.91. The van der Waals surface area contributed by atoms with Gasteiger partial charge in [0.15, 0.2) is 17.3 Å². The predicted molar refractivity (Wildman–Crippen MR) is 105 cm³/mol. The van der Waals surface area contributed by atoms with Gasteiger partial charge in [-0.15, -0.1) is 0 Å². The number of benzene rings is 3. The highest BCUT2D eigenvalue weighted by Gasteiger charge is 2.32. The molecule has 0 amide bonds. The Labute approximate surface area is 161 Å². The van der Waals surface area contributed by atoms with Gasteiger partial charge in [-0.1, -0.05) is 72.8 Å². The van der Waals surface area contributed by atoms with Gasteiger partial charge in [0.2, 0.25) is 0 Å². The highest BCUT2D eigenvalue weighted by Crippen LogP contribution is 2.29. The van der Waals surface area contributed by atoms with Gasteiger partial charge in [-0.25, -0.2) is 0 Å². The van der Waals surface area contributed by atoms with Gasteiger partial charge >= 0.3 is 0 Å². The average molecular weight is 366 g/mol. The molecule has 4 rings (SSSR count). The van der Waals surface area contributed by atoms with E-state index < -0.39 is 0 Å². The molecule has 0 N–H and O–H groups in total. The fraction of sp³-hybridized carbons (Fsp3) is 0. The first-order valence-corrected chi connectivity index (χ1v) is 8.69. The van der Waals surface area contributed by atoms with E-state index in [2.05, 4.69) is 0 Å². The lowest BCUT2D eigenvalue weighted by molar-refractivity contribution is 0.0972. The monoisotopic (exact) mass is 366 g/mol. The molecule has 4 heteroatoms. The van der Waals surface area contributed by atoms with Crippen LogP contribution in [0.1, 0.15) is 58.1 Å². The SMILES string of the molecule is O=Cc1ccc(/C=C/C(=O)c2cccc3c2C(=O)c2ccccc2C3=O)cc1. The van der Waals surface area contributed by atoms with Gasteiger partial charge in [-0.3, -0.25) is 19.2 Å². The van der Waals surface area contributed by atoms with Crippen LogP contribution in [0.2, 0.25) is 0 Å². The maximum absolute atomic E-state index is 13.0. The maximum Gasteiger partial charge on any atom is 0.195 e. The molecule has 1 aliphatic carbocycles. The Morgan fingerprint density at radius 2 is 1.29 bits per heavy atom. The summed E-state index contributed by atoms with van der Waals surface area (Å²) in [6.45, 7) is 0. The molecule has 28 heavy (non-hydrogen) atoms. The third-order valence-electron chi connectivity index (χ3n) is 4.72. The fourth-order valence-corrected chi connectivity index (χ4v) is 3.30. The summed E-state index contributed by atoms with van der Waals surface area (Å²) in [5, 5.41) is 0. The standard InChI is InChI=1S/C24H14O4/c25-14-16-10-8-15(9-11-16)12-13-21(26)19-6-3-7-20-22(19)24(28)18-5-2-1-4-17(18)23(20)27/h1-14H/b13-12+. The van der Waals surface area contributed by atoms with Crippen molar-refractivity contribution in [3.63, 3.8) is 0 Å². The average Bonchev–Trinajstić information content (AvgIpc) is 2.75. The van der Waals surface area contributed by atoms with Crippen LogP contribution < -0.4 is 0 Å². The van der Waals surface area contributed by atoms with Crippen LogP contribution in [0, 0.1) is 0 Å². The summed E-state index contributed by atoms with van der Waals surface area (Å²) in [5.41, 5.74) is 2.56. The van der Waals surface area contributed by atoms with Crippen LogP contribution in [-0.4, -0.2) is 23.6 Å². The van der Waals surface area contributed by atoms with Crippen molar-refractivity contribution in [3.05, 3.63) is 112 Å². The minimum absolute atomic E-state index is 0.150. The molecule has 0 spiro atoms.